The van der Waals surface area contributed by atoms with Crippen molar-refractivity contribution in [1.29, 1.82) is 0 Å². The molecule has 0 saturated carbocycles. The summed E-state index contributed by atoms with van der Waals surface area (Å²) in [5, 5.41) is 11.0. The van der Waals surface area contributed by atoms with Crippen LogP contribution in [0.4, 0.5) is 22.0 Å². The number of benzene rings is 1. The lowest BCUT2D eigenvalue weighted by molar-refractivity contribution is -0.192. The molecule has 16 heteroatoms. The molecule has 37 heavy (non-hydrogen) atoms. The van der Waals surface area contributed by atoms with E-state index >= 15 is 0 Å². The minimum absolute atomic E-state index is 0.245. The molecule has 0 aliphatic heterocycles. The highest BCUT2D eigenvalue weighted by Crippen LogP contribution is 2.32. The van der Waals surface area contributed by atoms with Crippen molar-refractivity contribution in [2.45, 2.75) is 31.1 Å². The second kappa shape index (κ2) is 11.8. The van der Waals surface area contributed by atoms with E-state index in [2.05, 4.69) is 5.10 Å². The van der Waals surface area contributed by atoms with Crippen LogP contribution < -0.4 is 11.4 Å². The fraction of sp³-hybridized carbons (Fsp3) is 0.286. The summed E-state index contributed by atoms with van der Waals surface area (Å²) in [7, 11) is -3.27. The average molecular weight is 569 g/mol. The average Bonchev–Trinajstić information content (AvgIpc) is 3.33. The summed E-state index contributed by atoms with van der Waals surface area (Å²) in [5.41, 5.74) is 6.27. The van der Waals surface area contributed by atoms with E-state index in [1.165, 1.54) is 22.2 Å². The van der Waals surface area contributed by atoms with E-state index in [-0.39, 0.29) is 30.1 Å². The number of hydrogen-bond acceptors (Lipinski definition) is 7. The van der Waals surface area contributed by atoms with Gasteiger partial charge in [-0.25, -0.2) is 22.7 Å². The van der Waals surface area contributed by atoms with Crippen LogP contribution in [0.3, 0.4) is 0 Å². The number of nitrogens with two attached hydrogens (primary N) is 1. The van der Waals surface area contributed by atoms with Crippen LogP contribution >= 0.6 is 11.3 Å². The molecule has 0 amide bonds. The van der Waals surface area contributed by atoms with Gasteiger partial charge in [-0.15, -0.1) is 11.3 Å². The maximum absolute atomic E-state index is 12.8. The van der Waals surface area contributed by atoms with Gasteiger partial charge in [-0.2, -0.15) is 27.1 Å². The van der Waals surface area contributed by atoms with Gasteiger partial charge in [0, 0.05) is 28.1 Å². The maximum atomic E-state index is 12.8. The molecule has 0 bridgehead atoms. The van der Waals surface area contributed by atoms with Gasteiger partial charge in [0.2, 0.25) is 0 Å². The molecule has 202 valence electrons. The largest absolute Gasteiger partial charge is 0.490 e. The van der Waals surface area contributed by atoms with Gasteiger partial charge in [-0.1, -0.05) is 12.1 Å². The van der Waals surface area contributed by atoms with Crippen LogP contribution in [-0.4, -0.2) is 52.8 Å². The van der Waals surface area contributed by atoms with Gasteiger partial charge in [0.15, 0.2) is 9.84 Å². The molecule has 0 radical (unpaired) electrons. The van der Waals surface area contributed by atoms with E-state index in [0.29, 0.717) is 0 Å². The Morgan fingerprint density at radius 2 is 1.76 bits per heavy atom. The minimum Gasteiger partial charge on any atom is -0.475 e. The summed E-state index contributed by atoms with van der Waals surface area (Å²) in [6, 6.07) is 8.54. The van der Waals surface area contributed by atoms with E-state index in [0.717, 1.165) is 31.8 Å². The van der Waals surface area contributed by atoms with E-state index in [9.17, 15) is 35.2 Å². The zero-order valence-corrected chi connectivity index (χ0v) is 20.9. The van der Waals surface area contributed by atoms with Crippen molar-refractivity contribution in [1.82, 2.24) is 14.3 Å². The summed E-state index contributed by atoms with van der Waals surface area (Å²) in [6.07, 6.45) is -4.52. The van der Waals surface area contributed by atoms with Crippen LogP contribution in [0.5, 0.6) is 0 Å². The van der Waals surface area contributed by atoms with Crippen molar-refractivity contribution in [3.63, 3.8) is 0 Å². The zero-order valence-electron chi connectivity index (χ0n) is 19.3. The monoisotopic (exact) mass is 568 g/mol. The normalized spacial score (nSPS) is 11.6. The second-order valence-corrected chi connectivity index (χ2v) is 10.7. The first kappa shape index (κ1) is 29.9. The highest BCUT2D eigenvalue weighted by Gasteiger charge is 2.38. The van der Waals surface area contributed by atoms with Gasteiger partial charge in [0.1, 0.15) is 6.33 Å². The highest BCUT2D eigenvalue weighted by molar-refractivity contribution is 7.90. The fourth-order valence-electron chi connectivity index (χ4n) is 2.81. The molecule has 0 aliphatic rings. The number of thiophene rings is 1. The topological polar surface area (TPSA) is 137 Å². The van der Waals surface area contributed by atoms with E-state index in [1.54, 1.807) is 24.3 Å². The molecule has 2 aromatic heterocycles. The van der Waals surface area contributed by atoms with Crippen LogP contribution in [0.15, 0.2) is 58.0 Å². The smallest absolute Gasteiger partial charge is 0.475 e. The van der Waals surface area contributed by atoms with Crippen LogP contribution in [0.1, 0.15) is 10.4 Å². The summed E-state index contributed by atoms with van der Waals surface area (Å²) in [6.45, 7) is 1.44. The molecule has 1 aromatic carbocycles. The second-order valence-electron chi connectivity index (χ2n) is 7.58. The Morgan fingerprint density at radius 1 is 1.19 bits per heavy atom. The Labute approximate surface area is 211 Å². The summed E-state index contributed by atoms with van der Waals surface area (Å²) in [5.74, 6) is -2.76. The molecule has 0 unspecified atom stereocenters. The molecular formula is C21H21F5N4O5S2. The molecule has 0 atom stereocenters. The van der Waals surface area contributed by atoms with E-state index in [1.807, 2.05) is 13.0 Å². The summed E-state index contributed by atoms with van der Waals surface area (Å²) >= 11 is 1.47. The molecule has 2 heterocycles. The lowest BCUT2D eigenvalue weighted by Crippen LogP contribution is -2.27. The number of aliphatic carboxylic acids is 1. The first-order valence-electron chi connectivity index (χ1n) is 10.1. The first-order valence-corrected chi connectivity index (χ1v) is 12.8. The van der Waals surface area contributed by atoms with Gasteiger partial charge in [0.05, 0.1) is 18.0 Å². The Balaban J connectivity index is 0.000000604. The third-order valence-corrected chi connectivity index (χ3v) is 7.19. The van der Waals surface area contributed by atoms with Crippen molar-refractivity contribution in [3.8, 4) is 10.4 Å². The lowest BCUT2D eigenvalue weighted by atomic mass is 10.1. The molecule has 0 aliphatic carbocycles. The Hall–Kier alpha value is -3.37. The number of carbonyl (C=O) groups is 1. The molecule has 0 saturated heterocycles. The number of carboxylic acid groups (broad SMARTS) is 1. The SMILES string of the molecule is Cc1cc(-c2ccc(S(C)(=O)=O)cc2)sc1Cn1cnn(CC(CN)=C(F)F)c1=O.O=C(O)C(F)(F)F. The Bertz CT molecular complexity index is 1450. The summed E-state index contributed by atoms with van der Waals surface area (Å²) < 4.78 is 82.8. The van der Waals surface area contributed by atoms with Gasteiger partial charge >= 0.3 is 17.8 Å². The predicted octanol–water partition coefficient (Wildman–Crippen LogP) is 3.28. The van der Waals surface area contributed by atoms with Crippen molar-refractivity contribution < 1.29 is 40.3 Å². The quantitative estimate of drug-likeness (QED) is 0.418. The molecule has 0 fully saturated rings. The zero-order chi connectivity index (χ0) is 28.1. The number of alkyl halides is 3. The molecule has 3 rings (SSSR count). The number of carboxylic acids is 1. The van der Waals surface area contributed by atoms with Crippen molar-refractivity contribution in [2.24, 2.45) is 5.73 Å². The first-order chi connectivity index (χ1) is 17.0. The number of rotatable bonds is 7. The van der Waals surface area contributed by atoms with Crippen molar-refractivity contribution in [3.05, 3.63) is 69.2 Å². The third kappa shape index (κ3) is 8.06. The van der Waals surface area contributed by atoms with Crippen LogP contribution in [0, 0.1) is 6.92 Å². The standard InChI is InChI=1S/C19H20F2N4O3S2.C2HF3O2/c1-12-7-16(13-3-5-15(6-4-13)30(2,27)28)29-17(12)10-24-11-23-25(19(24)26)9-14(8-22)18(20)21;3-2(4,5)1(6)7/h3-7,11H,8-10,22H2,1-2H3;(H,6,7). The molecule has 0 spiro atoms. The van der Waals surface area contributed by atoms with Crippen LogP contribution in [-0.2, 0) is 27.7 Å². The summed E-state index contributed by atoms with van der Waals surface area (Å²) in [4.78, 5) is 23.4. The fourth-order valence-corrected chi connectivity index (χ4v) is 4.62. The van der Waals surface area contributed by atoms with Gasteiger partial charge in [-0.05, 0) is 36.2 Å². The number of halogens is 5. The number of aryl methyl sites for hydroxylation is 1. The van der Waals surface area contributed by atoms with Crippen LogP contribution in [0.2, 0.25) is 0 Å². The van der Waals surface area contributed by atoms with E-state index in [4.69, 9.17) is 15.6 Å². The maximum Gasteiger partial charge on any atom is 0.490 e. The molecule has 3 aromatic rings. The third-order valence-electron chi connectivity index (χ3n) is 4.80. The van der Waals surface area contributed by atoms with E-state index < -0.39 is 33.8 Å². The van der Waals surface area contributed by atoms with Crippen molar-refractivity contribution in [2.75, 3.05) is 12.8 Å². The van der Waals surface area contributed by atoms with Gasteiger partial charge in [-0.3, -0.25) is 4.57 Å². The number of hydrogen-bond donors (Lipinski definition) is 2. The predicted molar refractivity (Wildman–Crippen MR) is 125 cm³/mol. The van der Waals surface area contributed by atoms with Crippen LogP contribution in [0.25, 0.3) is 10.4 Å². The molecule has 3 N–H and O–H groups in total. The van der Waals surface area contributed by atoms with Crippen molar-refractivity contribution >= 4 is 27.1 Å². The van der Waals surface area contributed by atoms with Gasteiger partial charge < -0.3 is 10.8 Å². The number of nitrogens with zero attached hydrogens (tertiary/aromatic N) is 3. The lowest BCUT2D eigenvalue weighted by Gasteiger charge is -2.03. The van der Waals surface area contributed by atoms with Gasteiger partial charge in [0.25, 0.3) is 6.08 Å². The number of sulfone groups is 1. The molecule has 9 nitrogen and oxygen atoms in total. The molecular weight excluding hydrogens is 547 g/mol. The Morgan fingerprint density at radius 3 is 2.22 bits per heavy atom. The Kier molecular flexibility index (Phi) is 9.51. The minimum atomic E-state index is -5.08. The number of aromatic nitrogens is 3. The highest BCUT2D eigenvalue weighted by atomic mass is 32.2.